The molecule has 0 saturated heterocycles. The van der Waals surface area contributed by atoms with Crippen LogP contribution in [0.4, 0.5) is 5.69 Å². The van der Waals surface area contributed by atoms with Gasteiger partial charge in [-0.1, -0.05) is 32.0 Å². The first-order valence-corrected chi connectivity index (χ1v) is 8.75. The predicted molar refractivity (Wildman–Crippen MR) is 106 cm³/mol. The van der Waals surface area contributed by atoms with Gasteiger partial charge in [-0.2, -0.15) is 0 Å². The molecule has 25 heavy (non-hydrogen) atoms. The minimum Gasteiger partial charge on any atom is -0.491 e. The van der Waals surface area contributed by atoms with Crippen molar-refractivity contribution in [3.8, 4) is 5.75 Å². The number of anilines is 1. The van der Waals surface area contributed by atoms with Crippen molar-refractivity contribution >= 4 is 28.9 Å². The molecule has 0 heterocycles. The van der Waals surface area contributed by atoms with Crippen molar-refractivity contribution < 1.29 is 9.53 Å². The Morgan fingerprint density at radius 1 is 1.00 bits per heavy atom. The molecule has 0 aliphatic rings. The van der Waals surface area contributed by atoms with Crippen molar-refractivity contribution in [3.63, 3.8) is 0 Å². The van der Waals surface area contributed by atoms with E-state index in [0.717, 1.165) is 17.0 Å². The van der Waals surface area contributed by atoms with Crippen molar-refractivity contribution in [1.29, 1.82) is 0 Å². The van der Waals surface area contributed by atoms with Gasteiger partial charge in [0, 0.05) is 11.3 Å². The number of carbonyl (C=O) groups excluding carboxylic acids is 1. The van der Waals surface area contributed by atoms with E-state index in [4.69, 9.17) is 17.0 Å². The van der Waals surface area contributed by atoms with Gasteiger partial charge >= 0.3 is 0 Å². The fourth-order valence-corrected chi connectivity index (χ4v) is 2.60. The van der Waals surface area contributed by atoms with Gasteiger partial charge in [0.25, 0.3) is 5.91 Å². The van der Waals surface area contributed by atoms with Gasteiger partial charge < -0.3 is 10.1 Å². The SMILES string of the molecule is CC(C)Oc1ccc(C(=O)NC(=S)Nc2ccccc2C(C)C)cc1. The number of rotatable bonds is 5. The maximum Gasteiger partial charge on any atom is 0.257 e. The number of thiocarbonyl (C=S) groups is 1. The Bertz CT molecular complexity index is 740. The summed E-state index contributed by atoms with van der Waals surface area (Å²) in [6.45, 7) is 8.14. The number of carbonyl (C=O) groups is 1. The molecule has 1 amide bonds. The predicted octanol–water partition coefficient (Wildman–Crippen LogP) is 4.72. The summed E-state index contributed by atoms with van der Waals surface area (Å²) in [4.78, 5) is 12.3. The quantitative estimate of drug-likeness (QED) is 0.761. The van der Waals surface area contributed by atoms with Crippen molar-refractivity contribution in [2.75, 3.05) is 5.32 Å². The first-order valence-electron chi connectivity index (χ1n) is 8.34. The molecule has 0 radical (unpaired) electrons. The molecule has 4 nitrogen and oxygen atoms in total. The third-order valence-corrected chi connectivity index (χ3v) is 3.75. The second kappa shape index (κ2) is 8.62. The maximum absolute atomic E-state index is 12.3. The smallest absolute Gasteiger partial charge is 0.257 e. The first-order chi connectivity index (χ1) is 11.9. The van der Waals surface area contributed by atoms with E-state index >= 15 is 0 Å². The van der Waals surface area contributed by atoms with Gasteiger partial charge in [0.05, 0.1) is 6.10 Å². The van der Waals surface area contributed by atoms with E-state index in [0.29, 0.717) is 11.5 Å². The van der Waals surface area contributed by atoms with Crippen LogP contribution in [-0.2, 0) is 0 Å². The Hall–Kier alpha value is -2.40. The summed E-state index contributed by atoms with van der Waals surface area (Å²) in [5.74, 6) is 0.837. The Morgan fingerprint density at radius 3 is 2.24 bits per heavy atom. The molecule has 0 spiro atoms. The van der Waals surface area contributed by atoms with Gasteiger partial charge in [0.1, 0.15) is 5.75 Å². The summed E-state index contributed by atoms with van der Waals surface area (Å²) >= 11 is 5.27. The molecule has 0 unspecified atom stereocenters. The molecule has 0 saturated carbocycles. The van der Waals surface area contributed by atoms with Crippen LogP contribution < -0.4 is 15.4 Å². The molecule has 0 aliphatic carbocycles. The van der Waals surface area contributed by atoms with Crippen molar-refractivity contribution in [3.05, 3.63) is 59.7 Å². The van der Waals surface area contributed by atoms with Crippen LogP contribution in [-0.4, -0.2) is 17.1 Å². The summed E-state index contributed by atoms with van der Waals surface area (Å²) in [5.41, 5.74) is 2.58. The van der Waals surface area contributed by atoms with E-state index in [2.05, 4.69) is 24.5 Å². The van der Waals surface area contributed by atoms with Crippen LogP contribution >= 0.6 is 12.2 Å². The van der Waals surface area contributed by atoms with E-state index in [1.165, 1.54) is 0 Å². The Balaban J connectivity index is 2.00. The average Bonchev–Trinajstić information content (AvgIpc) is 2.55. The number of nitrogens with one attached hydrogen (secondary N) is 2. The van der Waals surface area contributed by atoms with Crippen LogP contribution in [0.2, 0.25) is 0 Å². The second-order valence-corrected chi connectivity index (χ2v) is 6.75. The Kier molecular flexibility index (Phi) is 6.53. The number of para-hydroxylation sites is 1. The van der Waals surface area contributed by atoms with Crippen LogP contribution in [0.3, 0.4) is 0 Å². The molecular formula is C20H24N2O2S. The van der Waals surface area contributed by atoms with Crippen LogP contribution in [0.15, 0.2) is 48.5 Å². The highest BCUT2D eigenvalue weighted by molar-refractivity contribution is 7.80. The molecule has 2 rings (SSSR count). The van der Waals surface area contributed by atoms with E-state index in [1.807, 2.05) is 38.1 Å². The highest BCUT2D eigenvalue weighted by atomic mass is 32.1. The summed E-state index contributed by atoms with van der Waals surface area (Å²) in [6, 6.07) is 14.9. The molecule has 2 aromatic carbocycles. The number of hydrogen-bond acceptors (Lipinski definition) is 3. The summed E-state index contributed by atoms with van der Waals surface area (Å²) in [6.07, 6.45) is 0.0949. The molecule has 0 aliphatic heterocycles. The standard InChI is InChI=1S/C20H24N2O2S/c1-13(2)17-7-5-6-8-18(17)21-20(25)22-19(23)15-9-11-16(12-10-15)24-14(3)4/h5-14H,1-4H3,(H2,21,22,23,25). The maximum atomic E-state index is 12.3. The third-order valence-electron chi connectivity index (χ3n) is 3.55. The van der Waals surface area contributed by atoms with E-state index in [9.17, 15) is 4.79 Å². The van der Waals surface area contributed by atoms with Gasteiger partial charge in [-0.15, -0.1) is 0 Å². The fraction of sp³-hybridized carbons (Fsp3) is 0.300. The van der Waals surface area contributed by atoms with Gasteiger partial charge in [0.2, 0.25) is 0 Å². The molecule has 5 heteroatoms. The van der Waals surface area contributed by atoms with Crippen LogP contribution in [0.5, 0.6) is 5.75 Å². The molecule has 0 atom stereocenters. The minimum absolute atomic E-state index is 0.0949. The topological polar surface area (TPSA) is 50.4 Å². The van der Waals surface area contributed by atoms with Crippen molar-refractivity contribution in [2.24, 2.45) is 0 Å². The van der Waals surface area contributed by atoms with Gasteiger partial charge in [-0.3, -0.25) is 10.1 Å². The number of hydrogen-bond donors (Lipinski definition) is 2. The van der Waals surface area contributed by atoms with Gasteiger partial charge in [-0.05, 0) is 67.9 Å². The monoisotopic (exact) mass is 356 g/mol. The average molecular weight is 356 g/mol. The Labute approximate surface area is 154 Å². The Morgan fingerprint density at radius 2 is 1.64 bits per heavy atom. The lowest BCUT2D eigenvalue weighted by molar-refractivity contribution is 0.0977. The zero-order valence-corrected chi connectivity index (χ0v) is 15.8. The third kappa shape index (κ3) is 5.57. The van der Waals surface area contributed by atoms with Crippen LogP contribution in [0.1, 0.15) is 49.5 Å². The zero-order valence-electron chi connectivity index (χ0n) is 15.0. The summed E-state index contributed by atoms with van der Waals surface area (Å²) < 4.78 is 5.57. The lowest BCUT2D eigenvalue weighted by Gasteiger charge is -2.15. The summed E-state index contributed by atoms with van der Waals surface area (Å²) in [5, 5.41) is 6.09. The molecule has 0 fully saturated rings. The van der Waals surface area contributed by atoms with Crippen molar-refractivity contribution in [1.82, 2.24) is 5.32 Å². The normalized spacial score (nSPS) is 10.6. The first kappa shape index (κ1) is 18.9. The van der Waals surface area contributed by atoms with Gasteiger partial charge in [0.15, 0.2) is 5.11 Å². The number of benzene rings is 2. The molecule has 0 aromatic heterocycles. The largest absolute Gasteiger partial charge is 0.491 e. The van der Waals surface area contributed by atoms with Crippen molar-refractivity contribution in [2.45, 2.75) is 39.7 Å². The van der Waals surface area contributed by atoms with Gasteiger partial charge in [-0.25, -0.2) is 0 Å². The summed E-state index contributed by atoms with van der Waals surface area (Å²) in [7, 11) is 0. The van der Waals surface area contributed by atoms with Crippen LogP contribution in [0, 0.1) is 0 Å². The van der Waals surface area contributed by atoms with E-state index in [1.54, 1.807) is 24.3 Å². The van der Waals surface area contributed by atoms with Crippen LogP contribution in [0.25, 0.3) is 0 Å². The minimum atomic E-state index is -0.254. The molecule has 0 bridgehead atoms. The zero-order chi connectivity index (χ0) is 18.4. The van der Waals surface area contributed by atoms with E-state index in [-0.39, 0.29) is 17.1 Å². The lowest BCUT2D eigenvalue weighted by atomic mass is 10.0. The number of ether oxygens (including phenoxy) is 1. The molecular weight excluding hydrogens is 332 g/mol. The second-order valence-electron chi connectivity index (χ2n) is 6.34. The fourth-order valence-electron chi connectivity index (χ4n) is 2.40. The number of amides is 1. The highest BCUT2D eigenvalue weighted by Crippen LogP contribution is 2.23. The van der Waals surface area contributed by atoms with E-state index < -0.39 is 0 Å². The molecule has 2 N–H and O–H groups in total. The molecule has 132 valence electrons. The highest BCUT2D eigenvalue weighted by Gasteiger charge is 2.11. The molecule has 2 aromatic rings. The lowest BCUT2D eigenvalue weighted by Crippen LogP contribution is -2.34.